The van der Waals surface area contributed by atoms with E-state index in [-0.39, 0.29) is 18.2 Å². The Hall–Kier alpha value is -1.46. The maximum atomic E-state index is 13.1. The zero-order chi connectivity index (χ0) is 13.8. The minimum Gasteiger partial charge on any atom is -0.387 e. The molecule has 0 bridgehead atoms. The van der Waals surface area contributed by atoms with Gasteiger partial charge in [-0.05, 0) is 51.8 Å². The van der Waals surface area contributed by atoms with Crippen molar-refractivity contribution in [3.8, 4) is 0 Å². The molecule has 2 N–H and O–H groups in total. The molecule has 2 nitrogen and oxygen atoms in total. The third-order valence-electron chi connectivity index (χ3n) is 2.67. The van der Waals surface area contributed by atoms with Gasteiger partial charge in [0.2, 0.25) is 0 Å². The van der Waals surface area contributed by atoms with Crippen molar-refractivity contribution in [2.45, 2.75) is 6.10 Å². The second-order valence-electron chi connectivity index (χ2n) is 4.07. The standard InChI is InChI=1S/C14H12BrF2NO/c15-12-6-5-11(17)7-13(12)18-8-14(19)9-1-3-10(16)4-2-9/h1-7,14,18-19H,8H2. The average molecular weight is 328 g/mol. The van der Waals surface area contributed by atoms with Crippen molar-refractivity contribution in [2.24, 2.45) is 0 Å². The number of nitrogens with one attached hydrogen (secondary N) is 1. The summed E-state index contributed by atoms with van der Waals surface area (Å²) in [5, 5.41) is 12.9. The number of anilines is 1. The number of rotatable bonds is 4. The normalized spacial score (nSPS) is 12.2. The summed E-state index contributed by atoms with van der Waals surface area (Å²) in [5.74, 6) is -0.709. The monoisotopic (exact) mass is 327 g/mol. The van der Waals surface area contributed by atoms with Crippen molar-refractivity contribution in [1.29, 1.82) is 0 Å². The molecule has 2 aromatic carbocycles. The van der Waals surface area contributed by atoms with Gasteiger partial charge in [-0.3, -0.25) is 0 Å². The first-order chi connectivity index (χ1) is 9.06. The van der Waals surface area contributed by atoms with E-state index in [1.54, 1.807) is 6.07 Å². The molecule has 2 aromatic rings. The summed E-state index contributed by atoms with van der Waals surface area (Å²) in [5.41, 5.74) is 1.16. The number of aliphatic hydroxyl groups is 1. The fourth-order valence-electron chi connectivity index (χ4n) is 1.64. The summed E-state index contributed by atoms with van der Waals surface area (Å²) in [6, 6.07) is 9.87. The van der Waals surface area contributed by atoms with Crippen LogP contribution in [-0.2, 0) is 0 Å². The predicted octanol–water partition coefficient (Wildman–Crippen LogP) is 3.87. The Kier molecular flexibility index (Phi) is 4.50. The fraction of sp³-hybridized carbons (Fsp3) is 0.143. The Balaban J connectivity index is 2.02. The van der Waals surface area contributed by atoms with Gasteiger partial charge in [-0.2, -0.15) is 0 Å². The topological polar surface area (TPSA) is 32.3 Å². The minimum absolute atomic E-state index is 0.202. The Bertz CT molecular complexity index is 560. The molecule has 0 saturated heterocycles. The van der Waals surface area contributed by atoms with Gasteiger partial charge in [0.1, 0.15) is 11.6 Å². The third-order valence-corrected chi connectivity index (χ3v) is 3.36. The highest BCUT2D eigenvalue weighted by atomic mass is 79.9. The number of aliphatic hydroxyl groups excluding tert-OH is 1. The van der Waals surface area contributed by atoms with Crippen LogP contribution in [0.1, 0.15) is 11.7 Å². The van der Waals surface area contributed by atoms with Crippen LogP contribution in [0.4, 0.5) is 14.5 Å². The number of hydrogen-bond donors (Lipinski definition) is 2. The first-order valence-corrected chi connectivity index (χ1v) is 6.48. The van der Waals surface area contributed by atoms with Crippen LogP contribution in [0.3, 0.4) is 0 Å². The second kappa shape index (κ2) is 6.12. The summed E-state index contributed by atoms with van der Waals surface area (Å²) < 4.78 is 26.5. The molecule has 1 unspecified atom stereocenters. The molecule has 0 fully saturated rings. The van der Waals surface area contributed by atoms with E-state index in [4.69, 9.17) is 0 Å². The van der Waals surface area contributed by atoms with Crippen LogP contribution in [0.25, 0.3) is 0 Å². The van der Waals surface area contributed by atoms with Crippen molar-refractivity contribution in [3.05, 3.63) is 64.1 Å². The van der Waals surface area contributed by atoms with Gasteiger partial charge in [0.15, 0.2) is 0 Å². The van der Waals surface area contributed by atoms with E-state index in [0.717, 1.165) is 0 Å². The van der Waals surface area contributed by atoms with E-state index in [9.17, 15) is 13.9 Å². The van der Waals surface area contributed by atoms with Crippen molar-refractivity contribution < 1.29 is 13.9 Å². The van der Waals surface area contributed by atoms with E-state index in [2.05, 4.69) is 21.2 Å². The van der Waals surface area contributed by atoms with E-state index >= 15 is 0 Å². The van der Waals surface area contributed by atoms with E-state index in [1.165, 1.54) is 36.4 Å². The van der Waals surface area contributed by atoms with Gasteiger partial charge in [0.05, 0.1) is 11.8 Å². The molecule has 0 aromatic heterocycles. The highest BCUT2D eigenvalue weighted by Gasteiger charge is 2.09. The summed E-state index contributed by atoms with van der Waals surface area (Å²) in [7, 11) is 0. The fourth-order valence-corrected chi connectivity index (χ4v) is 2.03. The number of halogens is 3. The van der Waals surface area contributed by atoms with Crippen LogP contribution in [0.5, 0.6) is 0 Å². The maximum Gasteiger partial charge on any atom is 0.125 e. The molecule has 1 atom stereocenters. The van der Waals surface area contributed by atoms with Crippen LogP contribution < -0.4 is 5.32 Å². The molecule has 19 heavy (non-hydrogen) atoms. The maximum absolute atomic E-state index is 13.1. The average Bonchev–Trinajstić information content (AvgIpc) is 2.40. The molecular formula is C14H12BrF2NO. The molecule has 0 saturated carbocycles. The Labute approximate surface area is 118 Å². The number of hydrogen-bond acceptors (Lipinski definition) is 2. The van der Waals surface area contributed by atoms with Gasteiger partial charge in [-0.25, -0.2) is 8.78 Å². The van der Waals surface area contributed by atoms with Crippen molar-refractivity contribution in [2.75, 3.05) is 11.9 Å². The molecular weight excluding hydrogens is 316 g/mol. The van der Waals surface area contributed by atoms with Gasteiger partial charge in [-0.1, -0.05) is 12.1 Å². The lowest BCUT2D eigenvalue weighted by Crippen LogP contribution is -2.12. The zero-order valence-corrected chi connectivity index (χ0v) is 11.5. The SMILES string of the molecule is OC(CNc1cc(F)ccc1Br)c1ccc(F)cc1. The highest BCUT2D eigenvalue weighted by molar-refractivity contribution is 9.10. The lowest BCUT2D eigenvalue weighted by molar-refractivity contribution is 0.191. The lowest BCUT2D eigenvalue weighted by Gasteiger charge is -2.14. The van der Waals surface area contributed by atoms with Crippen LogP contribution in [0.15, 0.2) is 46.9 Å². The minimum atomic E-state index is -0.796. The van der Waals surface area contributed by atoms with Gasteiger partial charge in [0.25, 0.3) is 0 Å². The smallest absolute Gasteiger partial charge is 0.125 e. The van der Waals surface area contributed by atoms with Gasteiger partial charge in [0, 0.05) is 11.0 Å². The van der Waals surface area contributed by atoms with Crippen molar-refractivity contribution >= 4 is 21.6 Å². The van der Waals surface area contributed by atoms with Crippen LogP contribution in [-0.4, -0.2) is 11.7 Å². The summed E-state index contributed by atoms with van der Waals surface area (Å²) in [6.45, 7) is 0.202. The van der Waals surface area contributed by atoms with Crippen LogP contribution in [0, 0.1) is 11.6 Å². The third kappa shape index (κ3) is 3.75. The molecule has 2 rings (SSSR count). The van der Waals surface area contributed by atoms with Crippen LogP contribution >= 0.6 is 15.9 Å². The molecule has 0 aliphatic rings. The summed E-state index contributed by atoms with van der Waals surface area (Å²) in [4.78, 5) is 0. The molecule has 5 heteroatoms. The quantitative estimate of drug-likeness (QED) is 0.893. The summed E-state index contributed by atoms with van der Waals surface area (Å²) in [6.07, 6.45) is -0.796. The van der Waals surface area contributed by atoms with Crippen molar-refractivity contribution in [3.63, 3.8) is 0 Å². The first kappa shape index (κ1) is 14.0. The van der Waals surface area contributed by atoms with E-state index < -0.39 is 6.10 Å². The van der Waals surface area contributed by atoms with E-state index in [1.807, 2.05) is 0 Å². The van der Waals surface area contributed by atoms with Gasteiger partial charge < -0.3 is 10.4 Å². The first-order valence-electron chi connectivity index (χ1n) is 5.69. The van der Waals surface area contributed by atoms with Gasteiger partial charge in [-0.15, -0.1) is 0 Å². The zero-order valence-electron chi connectivity index (χ0n) is 9.91. The molecule has 0 radical (unpaired) electrons. The Morgan fingerprint density at radius 2 is 1.68 bits per heavy atom. The lowest BCUT2D eigenvalue weighted by atomic mass is 10.1. The highest BCUT2D eigenvalue weighted by Crippen LogP contribution is 2.24. The van der Waals surface area contributed by atoms with E-state index in [0.29, 0.717) is 15.7 Å². The molecule has 0 amide bonds. The van der Waals surface area contributed by atoms with Crippen molar-refractivity contribution in [1.82, 2.24) is 0 Å². The molecule has 0 aliphatic heterocycles. The van der Waals surface area contributed by atoms with Crippen LogP contribution in [0.2, 0.25) is 0 Å². The molecule has 0 aliphatic carbocycles. The largest absolute Gasteiger partial charge is 0.387 e. The Morgan fingerprint density at radius 3 is 2.37 bits per heavy atom. The molecule has 0 heterocycles. The second-order valence-corrected chi connectivity index (χ2v) is 4.93. The predicted molar refractivity (Wildman–Crippen MR) is 73.9 cm³/mol. The Morgan fingerprint density at radius 1 is 1.05 bits per heavy atom. The molecule has 0 spiro atoms. The van der Waals surface area contributed by atoms with Gasteiger partial charge >= 0.3 is 0 Å². The summed E-state index contributed by atoms with van der Waals surface area (Å²) >= 11 is 3.29. The number of benzene rings is 2. The molecule has 100 valence electrons.